The molecule has 0 radical (unpaired) electrons. The van der Waals surface area contributed by atoms with Gasteiger partial charge in [0, 0.05) is 18.4 Å². The normalized spacial score (nSPS) is 26.4. The Hall–Kier alpha value is -1.80. The molecule has 0 saturated carbocycles. The Bertz CT molecular complexity index is 804. The number of amides is 1. The van der Waals surface area contributed by atoms with Gasteiger partial charge in [0.2, 0.25) is 0 Å². The van der Waals surface area contributed by atoms with Crippen LogP contribution in [0.2, 0.25) is 0 Å². The van der Waals surface area contributed by atoms with Gasteiger partial charge in [0.25, 0.3) is 5.91 Å². The maximum atomic E-state index is 13.0. The molecule has 2 atom stereocenters. The number of fused-ring (bicyclic) bond motifs is 2. The van der Waals surface area contributed by atoms with Crippen LogP contribution < -0.4 is 15.8 Å². The molecular weight excluding hydrogens is 342 g/mol. The summed E-state index contributed by atoms with van der Waals surface area (Å²) in [5.41, 5.74) is 5.72. The molecule has 2 bridgehead atoms. The van der Waals surface area contributed by atoms with E-state index in [1.807, 2.05) is 7.05 Å². The van der Waals surface area contributed by atoms with Crippen molar-refractivity contribution in [2.45, 2.75) is 48.7 Å². The molecule has 2 fully saturated rings. The number of anilines is 1. The van der Waals surface area contributed by atoms with Crippen molar-refractivity contribution in [3.8, 4) is 5.75 Å². The number of nitrogens with two attached hydrogens (primary N) is 1. The molecule has 3 N–H and O–H groups in total. The molecule has 2 aliphatic heterocycles. The lowest BCUT2D eigenvalue weighted by Gasteiger charge is -2.43. The van der Waals surface area contributed by atoms with E-state index < -0.39 is 9.84 Å². The average molecular weight is 367 g/mol. The Balaban J connectivity index is 1.97. The number of hydrogen-bond acceptors (Lipinski definition) is 6. The van der Waals surface area contributed by atoms with Crippen LogP contribution in [-0.2, 0) is 9.84 Å². The molecule has 0 aromatic heterocycles. The summed E-state index contributed by atoms with van der Waals surface area (Å²) >= 11 is 0. The van der Waals surface area contributed by atoms with Gasteiger partial charge in [-0.25, -0.2) is 8.42 Å². The molecular formula is C17H25N3O4S. The highest BCUT2D eigenvalue weighted by Gasteiger charge is 2.47. The molecule has 1 aromatic rings. The van der Waals surface area contributed by atoms with Crippen LogP contribution in [0.15, 0.2) is 17.0 Å². The summed E-state index contributed by atoms with van der Waals surface area (Å²) in [6.45, 7) is 0. The fourth-order valence-electron chi connectivity index (χ4n) is 4.13. The van der Waals surface area contributed by atoms with E-state index in [-0.39, 0.29) is 33.5 Å². The Labute approximate surface area is 148 Å². The zero-order valence-corrected chi connectivity index (χ0v) is 15.6. The van der Waals surface area contributed by atoms with Crippen LogP contribution in [0.5, 0.6) is 5.75 Å². The summed E-state index contributed by atoms with van der Waals surface area (Å²) < 4.78 is 29.1. The van der Waals surface area contributed by atoms with Crippen molar-refractivity contribution in [2.75, 3.05) is 26.1 Å². The molecule has 1 amide bonds. The molecule has 2 heterocycles. The van der Waals surface area contributed by atoms with Gasteiger partial charge in [0.05, 0.1) is 28.9 Å². The van der Waals surface area contributed by atoms with Crippen LogP contribution in [0.3, 0.4) is 0 Å². The van der Waals surface area contributed by atoms with Crippen LogP contribution >= 0.6 is 0 Å². The molecule has 0 aliphatic carbocycles. The topological polar surface area (TPSA) is 102 Å². The number of carbonyl (C=O) groups excluding carboxylic acids is 1. The van der Waals surface area contributed by atoms with E-state index in [0.717, 1.165) is 38.4 Å². The minimum atomic E-state index is -3.54. The number of carbonyl (C=O) groups is 1. The van der Waals surface area contributed by atoms with Gasteiger partial charge >= 0.3 is 0 Å². The first kappa shape index (κ1) is 18.0. The lowest BCUT2D eigenvalue weighted by Crippen LogP contribution is -2.59. The Kier molecular flexibility index (Phi) is 4.45. The molecule has 0 spiro atoms. The maximum Gasteiger partial charge on any atom is 0.256 e. The van der Waals surface area contributed by atoms with Crippen molar-refractivity contribution in [3.05, 3.63) is 17.7 Å². The summed E-state index contributed by atoms with van der Waals surface area (Å²) in [5, 5.41) is 3.13. The number of piperidine rings is 1. The SMILES string of the molecule is COc1cc(N)c(S(C)(=O)=O)cc1C(=O)NC12CCCC(CC1)N2C. The molecule has 138 valence electrons. The second-order valence-electron chi connectivity index (χ2n) is 7.04. The first-order chi connectivity index (χ1) is 11.7. The molecule has 1 aromatic carbocycles. The van der Waals surface area contributed by atoms with Gasteiger partial charge in [0.1, 0.15) is 5.75 Å². The predicted molar refractivity (Wildman–Crippen MR) is 95.3 cm³/mol. The van der Waals surface area contributed by atoms with Crippen LogP contribution in [0.1, 0.15) is 42.5 Å². The zero-order valence-electron chi connectivity index (χ0n) is 14.8. The van der Waals surface area contributed by atoms with E-state index in [1.165, 1.54) is 19.2 Å². The largest absolute Gasteiger partial charge is 0.496 e. The van der Waals surface area contributed by atoms with Crippen molar-refractivity contribution in [3.63, 3.8) is 0 Å². The van der Waals surface area contributed by atoms with Gasteiger partial charge in [-0.3, -0.25) is 9.69 Å². The summed E-state index contributed by atoms with van der Waals surface area (Å²) in [5.74, 6) is -0.0667. The number of nitrogens with zero attached hydrogens (tertiary/aromatic N) is 1. The quantitative estimate of drug-likeness (QED) is 0.780. The number of ether oxygens (including phenoxy) is 1. The van der Waals surface area contributed by atoms with Gasteiger partial charge in [-0.05, 0) is 45.2 Å². The van der Waals surface area contributed by atoms with E-state index in [0.29, 0.717) is 6.04 Å². The monoisotopic (exact) mass is 367 g/mol. The number of rotatable bonds is 4. The third-order valence-electron chi connectivity index (χ3n) is 5.56. The zero-order chi connectivity index (χ0) is 18.4. The van der Waals surface area contributed by atoms with Crippen LogP contribution in [0, 0.1) is 0 Å². The van der Waals surface area contributed by atoms with E-state index in [4.69, 9.17) is 10.5 Å². The second-order valence-corrected chi connectivity index (χ2v) is 9.03. The number of benzene rings is 1. The first-order valence-corrected chi connectivity index (χ1v) is 10.3. The maximum absolute atomic E-state index is 13.0. The standard InChI is InChI=1S/C17H25N3O4S/c1-20-11-5-4-7-17(20,8-6-11)19-16(21)12-9-15(25(3,22)23)13(18)10-14(12)24-2/h9-11H,4-8,18H2,1-3H3,(H,19,21). The van der Waals surface area contributed by atoms with E-state index >= 15 is 0 Å². The number of nitrogens with one attached hydrogen (secondary N) is 1. The highest BCUT2D eigenvalue weighted by atomic mass is 32.2. The third kappa shape index (κ3) is 3.08. The summed E-state index contributed by atoms with van der Waals surface area (Å²) in [6.07, 6.45) is 6.14. The molecule has 2 unspecified atom stereocenters. The number of hydrogen-bond donors (Lipinski definition) is 2. The average Bonchev–Trinajstić information content (AvgIpc) is 2.72. The number of methoxy groups -OCH3 is 1. The second kappa shape index (κ2) is 6.17. The molecule has 25 heavy (non-hydrogen) atoms. The van der Waals surface area contributed by atoms with Gasteiger partial charge in [-0.15, -0.1) is 0 Å². The summed E-state index contributed by atoms with van der Waals surface area (Å²) in [6, 6.07) is 3.20. The van der Waals surface area contributed by atoms with Gasteiger partial charge in [-0.1, -0.05) is 0 Å². The van der Waals surface area contributed by atoms with Crippen molar-refractivity contribution in [2.24, 2.45) is 0 Å². The van der Waals surface area contributed by atoms with Gasteiger partial charge < -0.3 is 15.8 Å². The van der Waals surface area contributed by atoms with E-state index in [2.05, 4.69) is 10.2 Å². The Morgan fingerprint density at radius 2 is 2.08 bits per heavy atom. The lowest BCUT2D eigenvalue weighted by molar-refractivity contribution is 0.0435. The smallest absolute Gasteiger partial charge is 0.256 e. The number of nitrogen functional groups attached to an aromatic ring is 1. The minimum absolute atomic E-state index is 0.0581. The third-order valence-corrected chi connectivity index (χ3v) is 6.72. The van der Waals surface area contributed by atoms with E-state index in [1.54, 1.807) is 0 Å². The minimum Gasteiger partial charge on any atom is -0.496 e. The van der Waals surface area contributed by atoms with Crippen LogP contribution in [0.4, 0.5) is 5.69 Å². The first-order valence-electron chi connectivity index (χ1n) is 8.41. The van der Waals surface area contributed by atoms with E-state index in [9.17, 15) is 13.2 Å². The molecule has 2 saturated heterocycles. The van der Waals surface area contributed by atoms with Crippen LogP contribution in [0.25, 0.3) is 0 Å². The van der Waals surface area contributed by atoms with Crippen molar-refractivity contribution >= 4 is 21.4 Å². The van der Waals surface area contributed by atoms with Crippen molar-refractivity contribution in [1.29, 1.82) is 0 Å². The van der Waals surface area contributed by atoms with Crippen molar-refractivity contribution < 1.29 is 17.9 Å². The summed E-state index contributed by atoms with van der Waals surface area (Å²) in [7, 11) is -0.0681. The van der Waals surface area contributed by atoms with Crippen LogP contribution in [-0.4, -0.2) is 51.3 Å². The fourth-order valence-corrected chi connectivity index (χ4v) is 4.95. The molecule has 8 heteroatoms. The highest BCUT2D eigenvalue weighted by molar-refractivity contribution is 7.90. The highest BCUT2D eigenvalue weighted by Crippen LogP contribution is 2.41. The fraction of sp³-hybridized carbons (Fsp3) is 0.588. The van der Waals surface area contributed by atoms with Crippen molar-refractivity contribution in [1.82, 2.24) is 10.2 Å². The van der Waals surface area contributed by atoms with Gasteiger partial charge in [-0.2, -0.15) is 0 Å². The predicted octanol–water partition coefficient (Wildman–Crippen LogP) is 1.39. The molecule has 7 nitrogen and oxygen atoms in total. The molecule has 2 aliphatic rings. The lowest BCUT2D eigenvalue weighted by atomic mass is 9.97. The number of sulfone groups is 1. The Morgan fingerprint density at radius 3 is 2.72 bits per heavy atom. The Morgan fingerprint density at radius 1 is 1.36 bits per heavy atom. The summed E-state index contributed by atoms with van der Waals surface area (Å²) in [4.78, 5) is 15.1. The van der Waals surface area contributed by atoms with Gasteiger partial charge in [0.15, 0.2) is 9.84 Å². The molecule has 3 rings (SSSR count).